The number of anilines is 3. The standard InChI is InChI=1S/C17H16F2N4O2S/c1-10-17(11(2)22-21-10)26(24,25)23-13-5-3-12(4-6-13)20-14-7-8-15(18)16(19)9-14/h3-9,20,23H,1-2H3,(H,21,22). The summed E-state index contributed by atoms with van der Waals surface area (Å²) >= 11 is 0. The maximum Gasteiger partial charge on any atom is 0.265 e. The van der Waals surface area contributed by atoms with Crippen LogP contribution < -0.4 is 10.0 Å². The molecule has 3 N–H and O–H groups in total. The molecule has 26 heavy (non-hydrogen) atoms. The second kappa shape index (κ2) is 6.75. The molecule has 0 atom stereocenters. The summed E-state index contributed by atoms with van der Waals surface area (Å²) in [5, 5.41) is 9.43. The van der Waals surface area contributed by atoms with Gasteiger partial charge in [0.05, 0.1) is 11.4 Å². The number of benzene rings is 2. The van der Waals surface area contributed by atoms with E-state index in [0.29, 0.717) is 28.5 Å². The Kier molecular flexibility index (Phi) is 4.64. The van der Waals surface area contributed by atoms with Crippen LogP contribution in [0.1, 0.15) is 11.4 Å². The van der Waals surface area contributed by atoms with Gasteiger partial charge in [0, 0.05) is 23.1 Å². The highest BCUT2D eigenvalue weighted by Gasteiger charge is 2.22. The minimum Gasteiger partial charge on any atom is -0.355 e. The second-order valence-corrected chi connectivity index (χ2v) is 7.32. The molecule has 1 aromatic heterocycles. The summed E-state index contributed by atoms with van der Waals surface area (Å²) in [6.07, 6.45) is 0. The highest BCUT2D eigenvalue weighted by Crippen LogP contribution is 2.24. The Morgan fingerprint density at radius 3 is 2.12 bits per heavy atom. The monoisotopic (exact) mass is 378 g/mol. The summed E-state index contributed by atoms with van der Waals surface area (Å²) in [4.78, 5) is 0.112. The van der Waals surface area contributed by atoms with Crippen LogP contribution in [0.5, 0.6) is 0 Å². The zero-order valence-corrected chi connectivity index (χ0v) is 14.8. The number of rotatable bonds is 5. The summed E-state index contributed by atoms with van der Waals surface area (Å²) in [6.45, 7) is 3.23. The number of aromatic nitrogens is 2. The van der Waals surface area contributed by atoms with Gasteiger partial charge in [0.2, 0.25) is 0 Å². The highest BCUT2D eigenvalue weighted by atomic mass is 32.2. The summed E-state index contributed by atoms with van der Waals surface area (Å²) in [5.74, 6) is -1.88. The van der Waals surface area contributed by atoms with Crippen molar-refractivity contribution in [1.82, 2.24) is 10.2 Å². The first-order valence-corrected chi connectivity index (χ1v) is 9.11. The van der Waals surface area contributed by atoms with E-state index in [1.807, 2.05) is 0 Å². The summed E-state index contributed by atoms with van der Waals surface area (Å²) in [6, 6.07) is 9.82. The smallest absolute Gasteiger partial charge is 0.265 e. The Labute approximate surface area is 149 Å². The van der Waals surface area contributed by atoms with E-state index in [1.165, 1.54) is 6.07 Å². The fourth-order valence-corrected chi connectivity index (χ4v) is 3.94. The maximum atomic E-state index is 13.2. The Hall–Kier alpha value is -2.94. The third-order valence-corrected chi connectivity index (χ3v) is 5.32. The van der Waals surface area contributed by atoms with Crippen LogP contribution in [0, 0.1) is 25.5 Å². The van der Waals surface area contributed by atoms with E-state index in [-0.39, 0.29) is 4.90 Å². The van der Waals surface area contributed by atoms with Gasteiger partial charge in [-0.1, -0.05) is 0 Å². The zero-order valence-electron chi connectivity index (χ0n) is 14.0. The lowest BCUT2D eigenvalue weighted by atomic mass is 10.2. The van der Waals surface area contributed by atoms with Crippen molar-refractivity contribution in [3.05, 3.63) is 65.5 Å². The molecule has 0 amide bonds. The van der Waals surface area contributed by atoms with Gasteiger partial charge in [0.1, 0.15) is 4.90 Å². The number of halogens is 2. The Balaban J connectivity index is 1.76. The van der Waals surface area contributed by atoms with Crippen LogP contribution in [0.3, 0.4) is 0 Å². The van der Waals surface area contributed by atoms with Crippen molar-refractivity contribution < 1.29 is 17.2 Å². The summed E-state index contributed by atoms with van der Waals surface area (Å²) < 4.78 is 53.6. The number of hydrogen-bond donors (Lipinski definition) is 3. The Morgan fingerprint density at radius 1 is 0.923 bits per heavy atom. The molecule has 9 heteroatoms. The van der Waals surface area contributed by atoms with Crippen molar-refractivity contribution in [2.75, 3.05) is 10.0 Å². The van der Waals surface area contributed by atoms with E-state index >= 15 is 0 Å². The number of sulfonamides is 1. The molecule has 0 fully saturated rings. The van der Waals surface area contributed by atoms with Gasteiger partial charge < -0.3 is 5.32 Å². The zero-order chi connectivity index (χ0) is 18.9. The van der Waals surface area contributed by atoms with Crippen molar-refractivity contribution in [1.29, 1.82) is 0 Å². The van der Waals surface area contributed by atoms with Crippen molar-refractivity contribution in [3.8, 4) is 0 Å². The minimum absolute atomic E-state index is 0.112. The molecular weight excluding hydrogens is 362 g/mol. The molecular formula is C17H16F2N4O2S. The van der Waals surface area contributed by atoms with Crippen LogP contribution >= 0.6 is 0 Å². The molecule has 3 aromatic rings. The van der Waals surface area contributed by atoms with Gasteiger partial charge in [0.15, 0.2) is 11.6 Å². The van der Waals surface area contributed by atoms with E-state index in [4.69, 9.17) is 0 Å². The van der Waals surface area contributed by atoms with E-state index in [9.17, 15) is 17.2 Å². The van der Waals surface area contributed by atoms with Crippen LogP contribution in [0.4, 0.5) is 25.8 Å². The number of aromatic amines is 1. The number of H-pyrrole nitrogens is 1. The molecule has 0 unspecified atom stereocenters. The fourth-order valence-electron chi connectivity index (χ4n) is 2.50. The van der Waals surface area contributed by atoms with E-state index in [0.717, 1.165) is 12.1 Å². The molecule has 2 aromatic carbocycles. The maximum absolute atomic E-state index is 13.2. The number of aryl methyl sites for hydroxylation is 2. The van der Waals surface area contributed by atoms with Crippen LogP contribution in [-0.4, -0.2) is 18.6 Å². The molecule has 0 saturated carbocycles. The predicted molar refractivity (Wildman–Crippen MR) is 95.0 cm³/mol. The van der Waals surface area contributed by atoms with Gasteiger partial charge in [-0.05, 0) is 50.2 Å². The number of nitrogens with zero attached hydrogens (tertiary/aromatic N) is 1. The predicted octanol–water partition coefficient (Wildman–Crippen LogP) is 3.85. The second-order valence-electron chi connectivity index (χ2n) is 5.70. The van der Waals surface area contributed by atoms with Crippen LogP contribution in [0.25, 0.3) is 0 Å². The first-order chi connectivity index (χ1) is 12.3. The molecule has 136 valence electrons. The molecule has 0 bridgehead atoms. The Bertz CT molecular complexity index is 1030. The fraction of sp³-hybridized carbons (Fsp3) is 0.118. The molecule has 0 saturated heterocycles. The molecule has 0 spiro atoms. The Morgan fingerprint density at radius 2 is 1.54 bits per heavy atom. The molecule has 0 aliphatic rings. The first-order valence-electron chi connectivity index (χ1n) is 7.63. The lowest BCUT2D eigenvalue weighted by Crippen LogP contribution is -2.14. The van der Waals surface area contributed by atoms with Gasteiger partial charge >= 0.3 is 0 Å². The SMILES string of the molecule is Cc1n[nH]c(C)c1S(=O)(=O)Nc1ccc(Nc2ccc(F)c(F)c2)cc1. The van der Waals surface area contributed by atoms with Crippen molar-refractivity contribution in [2.24, 2.45) is 0 Å². The largest absolute Gasteiger partial charge is 0.355 e. The lowest BCUT2D eigenvalue weighted by Gasteiger charge is -2.10. The lowest BCUT2D eigenvalue weighted by molar-refractivity contribution is 0.509. The van der Waals surface area contributed by atoms with Gasteiger partial charge in [0.25, 0.3) is 10.0 Å². The third-order valence-electron chi connectivity index (χ3n) is 3.67. The topological polar surface area (TPSA) is 86.9 Å². The molecule has 0 aliphatic carbocycles. The number of nitrogens with one attached hydrogen (secondary N) is 3. The van der Waals surface area contributed by atoms with Gasteiger partial charge in [-0.25, -0.2) is 17.2 Å². The van der Waals surface area contributed by atoms with E-state index in [2.05, 4.69) is 20.2 Å². The molecule has 0 radical (unpaired) electrons. The molecule has 6 nitrogen and oxygen atoms in total. The van der Waals surface area contributed by atoms with Crippen LogP contribution in [0.15, 0.2) is 47.4 Å². The van der Waals surface area contributed by atoms with Gasteiger partial charge in [-0.15, -0.1) is 0 Å². The van der Waals surface area contributed by atoms with Crippen molar-refractivity contribution in [2.45, 2.75) is 18.7 Å². The van der Waals surface area contributed by atoms with Crippen molar-refractivity contribution in [3.63, 3.8) is 0 Å². The molecule has 1 heterocycles. The molecule has 3 rings (SSSR count). The van der Waals surface area contributed by atoms with Crippen LogP contribution in [0.2, 0.25) is 0 Å². The van der Waals surface area contributed by atoms with Gasteiger partial charge in [-0.3, -0.25) is 9.82 Å². The average molecular weight is 378 g/mol. The third kappa shape index (κ3) is 3.67. The average Bonchev–Trinajstić information content (AvgIpc) is 2.92. The minimum atomic E-state index is -3.77. The highest BCUT2D eigenvalue weighted by molar-refractivity contribution is 7.92. The van der Waals surface area contributed by atoms with Gasteiger partial charge in [-0.2, -0.15) is 5.10 Å². The normalized spacial score (nSPS) is 11.4. The first kappa shape index (κ1) is 17.9. The summed E-state index contributed by atoms with van der Waals surface area (Å²) in [5.41, 5.74) is 2.16. The van der Waals surface area contributed by atoms with Crippen molar-refractivity contribution >= 4 is 27.1 Å². The summed E-state index contributed by atoms with van der Waals surface area (Å²) in [7, 11) is -3.77. The van der Waals surface area contributed by atoms with E-state index < -0.39 is 21.7 Å². The number of hydrogen-bond acceptors (Lipinski definition) is 4. The molecule has 0 aliphatic heterocycles. The van der Waals surface area contributed by atoms with Crippen LogP contribution in [-0.2, 0) is 10.0 Å². The quantitative estimate of drug-likeness (QED) is 0.629. The van der Waals surface area contributed by atoms with E-state index in [1.54, 1.807) is 38.1 Å².